The van der Waals surface area contributed by atoms with Gasteiger partial charge in [0.1, 0.15) is 11.2 Å². The zero-order valence-electron chi connectivity index (χ0n) is 18.5. The molecule has 212 valence electrons. The summed E-state index contributed by atoms with van der Waals surface area (Å²) < 4.78 is 175. The maximum atomic E-state index is 13.8. The van der Waals surface area contributed by atoms with Crippen LogP contribution in [0.3, 0.4) is 0 Å². The number of esters is 2. The van der Waals surface area contributed by atoms with Crippen molar-refractivity contribution in [2.75, 3.05) is 6.61 Å². The maximum Gasteiger partial charge on any atom is 0.468 e. The molecule has 0 aromatic rings. The van der Waals surface area contributed by atoms with E-state index in [0.29, 0.717) is 0 Å². The molecule has 0 N–H and O–H groups in total. The molecule has 0 fully saturated rings. The number of ether oxygens (including phenoxy) is 3. The van der Waals surface area contributed by atoms with Gasteiger partial charge in [-0.3, -0.25) is 0 Å². The number of rotatable bonds is 11. The lowest BCUT2D eigenvalue weighted by atomic mass is 10.1. The van der Waals surface area contributed by atoms with Crippen LogP contribution in [-0.2, 0) is 33.9 Å². The van der Waals surface area contributed by atoms with Gasteiger partial charge in [0.05, 0.1) is 6.61 Å². The molecule has 0 aromatic heterocycles. The monoisotopic (exact) mass is 573 g/mol. The molecule has 1 unspecified atom stereocenters. The van der Waals surface area contributed by atoms with Crippen molar-refractivity contribution in [3.63, 3.8) is 0 Å². The highest BCUT2D eigenvalue weighted by Gasteiger charge is 2.69. The van der Waals surface area contributed by atoms with Crippen LogP contribution in [-0.4, -0.2) is 66.4 Å². The Morgan fingerprint density at radius 1 is 0.861 bits per heavy atom. The summed E-state index contributed by atoms with van der Waals surface area (Å²) in [6.07, 6.45) is -16.2. The molecule has 0 aliphatic rings. The summed E-state index contributed by atoms with van der Waals surface area (Å²) in [5.41, 5.74) is -4.26. The number of carbonyl (C=O) groups is 2. The molecule has 0 saturated carbocycles. The fourth-order valence-electron chi connectivity index (χ4n) is 2.03. The van der Waals surface area contributed by atoms with Crippen molar-refractivity contribution in [3.05, 3.63) is 12.2 Å². The fraction of sp³-hybridized carbons (Fsp3) is 0.765. The molecule has 8 nitrogen and oxygen atoms in total. The van der Waals surface area contributed by atoms with E-state index in [9.17, 15) is 66.5 Å². The average Bonchev–Trinajstić information content (AvgIpc) is 2.61. The smallest absolute Gasteiger partial charge is 0.468 e. The first kappa shape index (κ1) is 33.8. The van der Waals surface area contributed by atoms with E-state index in [1.165, 1.54) is 0 Å². The molecule has 1 atom stereocenters. The summed E-state index contributed by atoms with van der Waals surface area (Å²) in [5.74, 6) is -15.8. The number of hydrogen-bond donors (Lipinski definition) is 0. The van der Waals surface area contributed by atoms with Crippen LogP contribution in [0, 0.1) is 0 Å². The third kappa shape index (κ3) is 8.19. The molecule has 0 aliphatic carbocycles. The first-order valence-corrected chi connectivity index (χ1v) is 10.7. The van der Waals surface area contributed by atoms with Crippen LogP contribution in [0.15, 0.2) is 12.2 Å². The van der Waals surface area contributed by atoms with Crippen molar-refractivity contribution < 1.29 is 80.7 Å². The zero-order valence-corrected chi connectivity index (χ0v) is 19.3. The minimum Gasteiger partial charge on any atom is -0.743 e. The Morgan fingerprint density at radius 2 is 1.33 bits per heavy atom. The van der Waals surface area contributed by atoms with Crippen molar-refractivity contribution in [1.29, 1.82) is 0 Å². The summed E-state index contributed by atoms with van der Waals surface area (Å²) >= 11 is 0. The van der Waals surface area contributed by atoms with Crippen LogP contribution < -0.4 is 0 Å². The lowest BCUT2D eigenvalue weighted by Crippen LogP contribution is -2.59. The average molecular weight is 573 g/mol. The zero-order chi connectivity index (χ0) is 29.2. The van der Waals surface area contributed by atoms with Crippen molar-refractivity contribution in [2.45, 2.75) is 75.0 Å². The molecular weight excluding hydrogens is 554 g/mol. The van der Waals surface area contributed by atoms with Gasteiger partial charge in [-0.15, -0.1) is 0 Å². The van der Waals surface area contributed by atoms with Gasteiger partial charge in [-0.1, -0.05) is 6.58 Å². The predicted molar refractivity (Wildman–Crippen MR) is 95.3 cm³/mol. The van der Waals surface area contributed by atoms with Gasteiger partial charge in [0.15, 0.2) is 10.1 Å². The van der Waals surface area contributed by atoms with E-state index in [1.54, 1.807) is 0 Å². The Balaban J connectivity index is 5.91. The van der Waals surface area contributed by atoms with Crippen LogP contribution in [0.4, 0.5) is 43.9 Å². The van der Waals surface area contributed by atoms with Gasteiger partial charge in [-0.2, -0.15) is 43.9 Å². The Morgan fingerprint density at radius 3 is 1.69 bits per heavy atom. The van der Waals surface area contributed by atoms with Crippen LogP contribution in [0.25, 0.3) is 0 Å². The molecule has 0 bridgehead atoms. The Hall–Kier alpha value is -2.15. The SMILES string of the molecule is C=C(C(=O)OC(OCCCCC(F)(F)C(F)(F)S(=O)(=O)[O-])(C(=O)OC(C)(C)C)C(F)(F)F)C(F)(F)F. The molecule has 0 spiro atoms. The molecular formula is C17H19F10O8S-. The van der Waals surface area contributed by atoms with E-state index in [4.69, 9.17) is 0 Å². The number of alkyl halides is 10. The van der Waals surface area contributed by atoms with Gasteiger partial charge in [-0.25, -0.2) is 18.0 Å². The van der Waals surface area contributed by atoms with Gasteiger partial charge < -0.3 is 18.8 Å². The van der Waals surface area contributed by atoms with E-state index in [-0.39, 0.29) is 0 Å². The fourth-order valence-corrected chi connectivity index (χ4v) is 2.50. The van der Waals surface area contributed by atoms with Crippen molar-refractivity contribution in [2.24, 2.45) is 0 Å². The highest BCUT2D eigenvalue weighted by molar-refractivity contribution is 7.86. The molecule has 0 heterocycles. The van der Waals surface area contributed by atoms with Crippen LogP contribution in [0.5, 0.6) is 0 Å². The summed E-state index contributed by atoms with van der Waals surface area (Å²) in [4.78, 5) is 23.9. The topological polar surface area (TPSA) is 119 Å². The van der Waals surface area contributed by atoms with Crippen LogP contribution >= 0.6 is 0 Å². The molecule has 0 rings (SSSR count). The van der Waals surface area contributed by atoms with Crippen molar-refractivity contribution >= 4 is 22.1 Å². The van der Waals surface area contributed by atoms with E-state index >= 15 is 0 Å². The summed E-state index contributed by atoms with van der Waals surface area (Å²) in [5, 5.41) is -6.08. The number of hydrogen-bond acceptors (Lipinski definition) is 8. The van der Waals surface area contributed by atoms with E-state index in [2.05, 4.69) is 20.8 Å². The Kier molecular flexibility index (Phi) is 10.0. The third-order valence-corrected chi connectivity index (χ3v) is 4.72. The Bertz CT molecular complexity index is 935. The molecule has 0 radical (unpaired) electrons. The van der Waals surface area contributed by atoms with Gasteiger partial charge in [0.2, 0.25) is 0 Å². The highest BCUT2D eigenvalue weighted by atomic mass is 32.2. The van der Waals surface area contributed by atoms with E-state index in [1.807, 2.05) is 0 Å². The van der Waals surface area contributed by atoms with Gasteiger partial charge >= 0.3 is 41.3 Å². The normalized spacial score (nSPS) is 15.7. The second-order valence-corrected chi connectivity index (χ2v) is 9.38. The number of halogens is 10. The van der Waals surface area contributed by atoms with E-state index in [0.717, 1.165) is 20.8 Å². The van der Waals surface area contributed by atoms with Gasteiger partial charge in [0.25, 0.3) is 0 Å². The van der Waals surface area contributed by atoms with Gasteiger partial charge in [-0.05, 0) is 33.6 Å². The second-order valence-electron chi connectivity index (χ2n) is 7.96. The minimum atomic E-state index is -6.84. The van der Waals surface area contributed by atoms with Gasteiger partial charge in [0, 0.05) is 6.42 Å². The summed E-state index contributed by atoms with van der Waals surface area (Å²) in [7, 11) is -6.84. The molecule has 36 heavy (non-hydrogen) atoms. The van der Waals surface area contributed by atoms with Crippen LogP contribution in [0.2, 0.25) is 0 Å². The predicted octanol–water partition coefficient (Wildman–Crippen LogP) is 4.21. The number of unbranched alkanes of at least 4 members (excludes halogenated alkanes) is 1. The third-order valence-electron chi connectivity index (χ3n) is 3.80. The lowest BCUT2D eigenvalue weighted by molar-refractivity contribution is -0.357. The molecule has 0 saturated heterocycles. The first-order chi connectivity index (χ1) is 15.6. The minimum absolute atomic E-state index is 1.01. The van der Waals surface area contributed by atoms with Crippen molar-refractivity contribution in [3.8, 4) is 0 Å². The summed E-state index contributed by atoms with van der Waals surface area (Å²) in [6, 6.07) is 0. The number of carbonyl (C=O) groups excluding carboxylic acids is 2. The maximum absolute atomic E-state index is 13.8. The highest BCUT2D eigenvalue weighted by Crippen LogP contribution is 2.42. The van der Waals surface area contributed by atoms with Crippen LogP contribution in [0.1, 0.15) is 40.0 Å². The largest absolute Gasteiger partial charge is 0.743 e. The molecule has 0 aromatic carbocycles. The van der Waals surface area contributed by atoms with E-state index < -0.39 is 88.4 Å². The summed E-state index contributed by atoms with van der Waals surface area (Å²) in [6.45, 7) is 3.68. The standard InChI is InChI=1S/C17H20F10O8S/c1-9(15(20,21)22)10(28)34-14(16(23,24)25,11(29)35-12(2,3)4)33-8-6-5-7-13(18,19)17(26,27)36(30,31)32/h1,5-8H2,2-4H3,(H,30,31,32)/p-1. The molecule has 0 aliphatic heterocycles. The quantitative estimate of drug-likeness (QED) is 0.0901. The Labute approximate surface area is 197 Å². The second kappa shape index (κ2) is 10.7. The first-order valence-electron chi connectivity index (χ1n) is 9.27. The molecule has 0 amide bonds. The van der Waals surface area contributed by atoms with Crippen molar-refractivity contribution in [1.82, 2.24) is 0 Å². The molecule has 19 heteroatoms. The lowest BCUT2D eigenvalue weighted by Gasteiger charge is -2.34.